The van der Waals surface area contributed by atoms with Gasteiger partial charge in [-0.3, -0.25) is 9.59 Å². The molecule has 0 aliphatic rings. The van der Waals surface area contributed by atoms with E-state index in [0.29, 0.717) is 6.42 Å². The summed E-state index contributed by atoms with van der Waals surface area (Å²) in [6, 6.07) is 7.50. The predicted molar refractivity (Wildman–Crippen MR) is 68.7 cm³/mol. The molecule has 1 unspecified atom stereocenters. The lowest BCUT2D eigenvalue weighted by Crippen LogP contribution is -2.26. The molecular formula is C13H15BrO3. The van der Waals surface area contributed by atoms with Crippen molar-refractivity contribution >= 4 is 27.7 Å². The Labute approximate surface area is 109 Å². The summed E-state index contributed by atoms with van der Waals surface area (Å²) in [7, 11) is 1.30. The van der Waals surface area contributed by atoms with E-state index in [9.17, 15) is 9.59 Å². The maximum atomic E-state index is 12.0. The van der Waals surface area contributed by atoms with Gasteiger partial charge in [0.1, 0.15) is 5.92 Å². The van der Waals surface area contributed by atoms with Crippen LogP contribution < -0.4 is 0 Å². The molecule has 1 atom stereocenters. The summed E-state index contributed by atoms with van der Waals surface area (Å²) in [4.78, 5) is 23.4. The number of benzene rings is 1. The van der Waals surface area contributed by atoms with Gasteiger partial charge in [0.25, 0.3) is 0 Å². The maximum absolute atomic E-state index is 12.0. The van der Waals surface area contributed by atoms with Gasteiger partial charge < -0.3 is 4.74 Å². The number of rotatable bonds is 5. The van der Waals surface area contributed by atoms with Crippen molar-refractivity contribution in [2.75, 3.05) is 7.11 Å². The number of halogens is 1. The summed E-state index contributed by atoms with van der Waals surface area (Å²) in [5.41, 5.74) is 0.889. The van der Waals surface area contributed by atoms with Crippen LogP contribution in [0.1, 0.15) is 18.9 Å². The molecular weight excluding hydrogens is 284 g/mol. The zero-order chi connectivity index (χ0) is 12.8. The number of hydrogen-bond acceptors (Lipinski definition) is 3. The fraction of sp³-hybridized carbons (Fsp3) is 0.385. The molecule has 0 saturated carbocycles. The van der Waals surface area contributed by atoms with E-state index in [-0.39, 0.29) is 12.2 Å². The lowest BCUT2D eigenvalue weighted by atomic mass is 9.96. The molecule has 0 saturated heterocycles. The van der Waals surface area contributed by atoms with Gasteiger partial charge in [0, 0.05) is 10.9 Å². The summed E-state index contributed by atoms with van der Waals surface area (Å²) in [5.74, 6) is -1.22. The van der Waals surface area contributed by atoms with Gasteiger partial charge in [-0.2, -0.15) is 0 Å². The van der Waals surface area contributed by atoms with Crippen molar-refractivity contribution < 1.29 is 14.3 Å². The zero-order valence-corrected chi connectivity index (χ0v) is 11.5. The SMILES string of the molecule is CCC(C(=O)Cc1ccccc1Br)C(=O)OC. The highest BCUT2D eigenvalue weighted by Gasteiger charge is 2.25. The van der Waals surface area contributed by atoms with Crippen molar-refractivity contribution in [3.63, 3.8) is 0 Å². The summed E-state index contributed by atoms with van der Waals surface area (Å²) in [6.07, 6.45) is 0.713. The van der Waals surface area contributed by atoms with Crippen molar-refractivity contribution in [1.82, 2.24) is 0 Å². The van der Waals surface area contributed by atoms with E-state index in [1.54, 1.807) is 6.92 Å². The van der Waals surface area contributed by atoms with Gasteiger partial charge in [0.15, 0.2) is 5.78 Å². The molecule has 17 heavy (non-hydrogen) atoms. The largest absolute Gasteiger partial charge is 0.468 e. The average Bonchev–Trinajstić information content (AvgIpc) is 2.32. The second-order valence-corrected chi connectivity index (χ2v) is 4.57. The fourth-order valence-corrected chi connectivity index (χ4v) is 2.05. The van der Waals surface area contributed by atoms with Crippen LogP contribution in [0, 0.1) is 5.92 Å². The Morgan fingerprint density at radius 3 is 2.53 bits per heavy atom. The van der Waals surface area contributed by atoms with Crippen molar-refractivity contribution in [1.29, 1.82) is 0 Å². The number of ketones is 1. The minimum absolute atomic E-state index is 0.105. The Morgan fingerprint density at radius 2 is 2.00 bits per heavy atom. The van der Waals surface area contributed by atoms with Crippen molar-refractivity contribution in [3.05, 3.63) is 34.3 Å². The van der Waals surface area contributed by atoms with E-state index in [2.05, 4.69) is 20.7 Å². The molecule has 0 heterocycles. The minimum atomic E-state index is -0.660. The second kappa shape index (κ2) is 6.55. The number of Topliss-reactive ketones (excluding diaryl/α,β-unsaturated/α-hetero) is 1. The van der Waals surface area contributed by atoms with Crippen molar-refractivity contribution in [2.45, 2.75) is 19.8 Å². The highest BCUT2D eigenvalue weighted by atomic mass is 79.9. The van der Waals surface area contributed by atoms with E-state index in [4.69, 9.17) is 0 Å². The van der Waals surface area contributed by atoms with Crippen LogP contribution in [0.5, 0.6) is 0 Å². The van der Waals surface area contributed by atoms with E-state index in [1.807, 2.05) is 24.3 Å². The molecule has 1 rings (SSSR count). The molecule has 1 aromatic rings. The average molecular weight is 299 g/mol. The smallest absolute Gasteiger partial charge is 0.316 e. The van der Waals surface area contributed by atoms with Gasteiger partial charge in [-0.15, -0.1) is 0 Å². The van der Waals surface area contributed by atoms with Crippen LogP contribution in [0.4, 0.5) is 0 Å². The zero-order valence-electron chi connectivity index (χ0n) is 9.90. The van der Waals surface area contributed by atoms with Crippen LogP contribution in [0.3, 0.4) is 0 Å². The first kappa shape index (κ1) is 13.9. The van der Waals surface area contributed by atoms with E-state index >= 15 is 0 Å². The Kier molecular flexibility index (Phi) is 5.35. The fourth-order valence-electron chi connectivity index (χ4n) is 1.62. The molecule has 0 aliphatic heterocycles. The Balaban J connectivity index is 2.78. The summed E-state index contributed by atoms with van der Waals surface area (Å²) < 4.78 is 5.50. The van der Waals surface area contributed by atoms with E-state index in [1.165, 1.54) is 7.11 Å². The number of carbonyl (C=O) groups is 2. The normalized spacial score (nSPS) is 11.9. The molecule has 4 heteroatoms. The number of ether oxygens (including phenoxy) is 1. The Bertz CT molecular complexity index is 415. The molecule has 0 bridgehead atoms. The van der Waals surface area contributed by atoms with Crippen LogP contribution in [0.25, 0.3) is 0 Å². The van der Waals surface area contributed by atoms with Gasteiger partial charge in [-0.1, -0.05) is 41.1 Å². The summed E-state index contributed by atoms with van der Waals surface area (Å²) in [6.45, 7) is 1.81. The third-order valence-corrected chi connectivity index (χ3v) is 3.38. The Hall–Kier alpha value is -1.16. The summed E-state index contributed by atoms with van der Waals surface area (Å²) >= 11 is 3.38. The van der Waals surface area contributed by atoms with Crippen LogP contribution in [0.15, 0.2) is 28.7 Å². The van der Waals surface area contributed by atoms with Crippen LogP contribution in [0.2, 0.25) is 0 Å². The molecule has 0 spiro atoms. The maximum Gasteiger partial charge on any atom is 0.316 e. The first-order chi connectivity index (χ1) is 8.10. The summed E-state index contributed by atoms with van der Waals surface area (Å²) in [5, 5.41) is 0. The molecule has 0 N–H and O–H groups in total. The second-order valence-electron chi connectivity index (χ2n) is 3.72. The van der Waals surface area contributed by atoms with E-state index in [0.717, 1.165) is 10.0 Å². The molecule has 0 aliphatic carbocycles. The van der Waals surface area contributed by atoms with Crippen LogP contribution >= 0.6 is 15.9 Å². The minimum Gasteiger partial charge on any atom is -0.468 e. The third-order valence-electron chi connectivity index (χ3n) is 2.61. The number of methoxy groups -OCH3 is 1. The molecule has 1 aromatic carbocycles. The van der Waals surface area contributed by atoms with Crippen molar-refractivity contribution in [3.8, 4) is 0 Å². The highest BCUT2D eigenvalue weighted by molar-refractivity contribution is 9.10. The third kappa shape index (κ3) is 3.66. The van der Waals surface area contributed by atoms with Crippen molar-refractivity contribution in [2.24, 2.45) is 5.92 Å². The molecule has 0 fully saturated rings. The van der Waals surface area contributed by atoms with Gasteiger partial charge in [-0.25, -0.2) is 0 Å². The lowest BCUT2D eigenvalue weighted by Gasteiger charge is -2.11. The predicted octanol–water partition coefficient (Wildman–Crippen LogP) is 2.76. The monoisotopic (exact) mass is 298 g/mol. The van der Waals surface area contributed by atoms with Gasteiger partial charge in [0.2, 0.25) is 0 Å². The molecule has 92 valence electrons. The number of hydrogen-bond donors (Lipinski definition) is 0. The molecule has 0 aromatic heterocycles. The highest BCUT2D eigenvalue weighted by Crippen LogP contribution is 2.19. The Morgan fingerprint density at radius 1 is 1.35 bits per heavy atom. The first-order valence-corrected chi connectivity index (χ1v) is 6.23. The lowest BCUT2D eigenvalue weighted by molar-refractivity contribution is -0.149. The standard InChI is InChI=1S/C13H15BrO3/c1-3-10(13(16)17-2)12(15)8-9-6-4-5-7-11(9)14/h4-7,10H,3,8H2,1-2H3. The van der Waals surface area contributed by atoms with Gasteiger partial charge in [-0.05, 0) is 18.1 Å². The quantitative estimate of drug-likeness (QED) is 0.620. The first-order valence-electron chi connectivity index (χ1n) is 5.44. The topological polar surface area (TPSA) is 43.4 Å². The van der Waals surface area contributed by atoms with Gasteiger partial charge in [0.05, 0.1) is 7.11 Å². The molecule has 3 nitrogen and oxygen atoms in total. The van der Waals surface area contributed by atoms with E-state index < -0.39 is 11.9 Å². The van der Waals surface area contributed by atoms with Crippen LogP contribution in [-0.4, -0.2) is 18.9 Å². The van der Waals surface area contributed by atoms with Crippen LogP contribution in [-0.2, 0) is 20.7 Å². The molecule has 0 radical (unpaired) electrons. The number of esters is 1. The molecule has 0 amide bonds. The number of carbonyl (C=O) groups excluding carboxylic acids is 2. The van der Waals surface area contributed by atoms with Gasteiger partial charge >= 0.3 is 5.97 Å².